The van der Waals surface area contributed by atoms with Gasteiger partial charge in [0, 0.05) is 48.1 Å². The lowest BCUT2D eigenvalue weighted by Gasteiger charge is -2.31. The molecule has 2 aromatic heterocycles. The largest absolute Gasteiger partial charge is 0.508 e. The second kappa shape index (κ2) is 23.2. The molecule has 1 fully saturated rings. The lowest BCUT2D eigenvalue weighted by Crippen LogP contribution is -2.58. The van der Waals surface area contributed by atoms with Gasteiger partial charge < -0.3 is 52.0 Å². The van der Waals surface area contributed by atoms with Crippen LogP contribution in [0.2, 0.25) is 0 Å². The Morgan fingerprint density at radius 1 is 0.954 bits per heavy atom. The molecule has 2 unspecified atom stereocenters. The molecular formula is C45H61N9O10S. The minimum Gasteiger partial charge on any atom is -0.508 e. The van der Waals surface area contributed by atoms with E-state index < -0.39 is 89.5 Å². The third kappa shape index (κ3) is 13.0. The van der Waals surface area contributed by atoms with Gasteiger partial charge in [0.1, 0.15) is 41.0 Å². The van der Waals surface area contributed by atoms with Gasteiger partial charge in [0.15, 0.2) is 0 Å². The predicted molar refractivity (Wildman–Crippen MR) is 242 cm³/mol. The number of aliphatic hydroxyl groups is 1. The van der Waals surface area contributed by atoms with E-state index >= 15 is 0 Å². The molecule has 8 atom stereocenters. The summed E-state index contributed by atoms with van der Waals surface area (Å²) in [6, 6.07) is -1.67. The van der Waals surface area contributed by atoms with Crippen LogP contribution < -0.4 is 31.9 Å². The zero-order valence-corrected chi connectivity index (χ0v) is 38.2. The van der Waals surface area contributed by atoms with Crippen LogP contribution in [-0.4, -0.2) is 122 Å². The Labute approximate surface area is 381 Å². The highest BCUT2D eigenvalue weighted by Gasteiger charge is 2.40. The lowest BCUT2D eigenvalue weighted by molar-refractivity contribution is -0.144. The van der Waals surface area contributed by atoms with Crippen LogP contribution >= 0.6 is 11.3 Å². The summed E-state index contributed by atoms with van der Waals surface area (Å²) in [6.45, 7) is 8.76. The van der Waals surface area contributed by atoms with Gasteiger partial charge in [0.2, 0.25) is 41.2 Å². The Balaban J connectivity index is 1.44. The number of carbonyl (C=O) groups excluding carboxylic acids is 8. The molecule has 0 saturated carbocycles. The van der Waals surface area contributed by atoms with Gasteiger partial charge in [-0.1, -0.05) is 40.5 Å². The fourth-order valence-corrected chi connectivity index (χ4v) is 8.59. The third-order valence-electron chi connectivity index (χ3n) is 11.8. The number of hydrogen-bond acceptors (Lipinski definition) is 12. The number of phenols is 1. The molecule has 2 aliphatic rings. The van der Waals surface area contributed by atoms with Crippen LogP contribution in [0, 0.1) is 5.92 Å². The number of nitrogens with zero attached hydrogens (tertiary/aromatic N) is 2. The standard InChI is InChI=1S/C45H61N9O10S/c1-6-11-32-38(58)43(63)48-25(5)44-49-27(23-65-44)14-17-36(56)50-34(20-26-22-47-31-16-15-28(55)21-29(26)31)39(59)46-18-9-12-33(45(64)54-19-10-13-35(54)41(61)52-32)53-40(60)30(8-3)51-42(62)37(57)24(4)7-2/h14-17,21-25,30,32-35,37,47,55,57H,6-13,18-20H2,1-5H3,(H,46,59)(H,48,63)(H,50,56)(H,51,62)(H,52,61)(H,53,60)/b17-14+/t24?,25-,30-,32-,33-,34-,35-,37?/m0/s1. The van der Waals surface area contributed by atoms with E-state index in [4.69, 9.17) is 0 Å². The summed E-state index contributed by atoms with van der Waals surface area (Å²) in [5.74, 6) is -6.02. The summed E-state index contributed by atoms with van der Waals surface area (Å²) in [6.07, 6.45) is 5.02. The molecule has 7 amide bonds. The molecule has 0 radical (unpaired) electrons. The molecule has 9 N–H and O–H groups in total. The number of aromatic amines is 1. The van der Waals surface area contributed by atoms with Crippen molar-refractivity contribution in [1.29, 1.82) is 0 Å². The highest BCUT2D eigenvalue weighted by molar-refractivity contribution is 7.09. The third-order valence-corrected chi connectivity index (χ3v) is 12.9. The number of nitrogens with one attached hydrogen (secondary N) is 7. The monoisotopic (exact) mass is 919 g/mol. The number of Topliss-reactive ketones (excluding diaryl/α,β-unsaturated/α-hetero) is 1. The summed E-state index contributed by atoms with van der Waals surface area (Å²) >= 11 is 1.19. The highest BCUT2D eigenvalue weighted by Crippen LogP contribution is 2.25. The molecule has 2 aliphatic heterocycles. The molecule has 5 rings (SSSR count). The molecule has 19 nitrogen and oxygen atoms in total. The van der Waals surface area contributed by atoms with Crippen LogP contribution in [0.4, 0.5) is 0 Å². The molecule has 0 spiro atoms. The maximum absolute atomic E-state index is 14.5. The summed E-state index contributed by atoms with van der Waals surface area (Å²) < 4.78 is 0. The number of thiazole rings is 1. The topological polar surface area (TPSA) is 281 Å². The average molecular weight is 920 g/mol. The minimum absolute atomic E-state index is 0.00300. The normalized spacial score (nSPS) is 23.8. The maximum Gasteiger partial charge on any atom is 0.290 e. The first kappa shape index (κ1) is 49.9. The van der Waals surface area contributed by atoms with Gasteiger partial charge >= 0.3 is 0 Å². The maximum atomic E-state index is 14.5. The zero-order valence-electron chi connectivity index (χ0n) is 37.4. The highest BCUT2D eigenvalue weighted by atomic mass is 32.1. The van der Waals surface area contributed by atoms with Crippen molar-refractivity contribution in [2.45, 2.75) is 135 Å². The Morgan fingerprint density at radius 2 is 1.72 bits per heavy atom. The number of carbonyl (C=O) groups is 8. The molecule has 0 aliphatic carbocycles. The number of amides is 7. The van der Waals surface area contributed by atoms with Crippen molar-refractivity contribution in [2.24, 2.45) is 5.92 Å². The van der Waals surface area contributed by atoms with Crippen molar-refractivity contribution >= 4 is 75.4 Å². The van der Waals surface area contributed by atoms with Gasteiger partial charge in [0.05, 0.1) is 17.8 Å². The van der Waals surface area contributed by atoms with E-state index in [0.717, 1.165) is 0 Å². The Kier molecular flexibility index (Phi) is 17.8. The predicted octanol–water partition coefficient (Wildman–Crippen LogP) is 1.79. The van der Waals surface area contributed by atoms with Crippen molar-refractivity contribution < 1.29 is 48.6 Å². The number of phenolic OH excluding ortho intramolecular Hbond substituents is 1. The summed E-state index contributed by atoms with van der Waals surface area (Å²) in [5, 5.41) is 39.7. The Morgan fingerprint density at radius 3 is 2.45 bits per heavy atom. The second-order valence-electron chi connectivity index (χ2n) is 16.6. The molecule has 1 aromatic carbocycles. The average Bonchev–Trinajstić information content (AvgIpc) is 4.07. The number of aromatic nitrogens is 2. The van der Waals surface area contributed by atoms with Gasteiger partial charge in [-0.15, -0.1) is 11.3 Å². The van der Waals surface area contributed by atoms with Crippen molar-refractivity contribution in [3.63, 3.8) is 0 Å². The van der Waals surface area contributed by atoms with Crippen molar-refractivity contribution in [3.05, 3.63) is 52.1 Å². The number of H-pyrrole nitrogens is 1. The van der Waals surface area contributed by atoms with E-state index in [1.165, 1.54) is 34.5 Å². The number of fused-ring (bicyclic) bond motifs is 4. The van der Waals surface area contributed by atoms with Gasteiger partial charge in [0.25, 0.3) is 5.91 Å². The first-order valence-electron chi connectivity index (χ1n) is 22.3. The SMILES string of the molecule is CCC[C@@H]1NC(=O)[C@@H]2CCCN2C(=O)[C@@H](NC(=O)[C@H](CC)NC(=O)C(O)C(C)CC)CCCNC(=O)[C@H](Cc2c[nH]c3ccc(O)cc23)NC(=O)/C=C/c2csc(n2)[C@H](C)NC(=O)C1=O. The molecular weight excluding hydrogens is 859 g/mol. The fraction of sp³-hybridized carbons (Fsp3) is 0.533. The van der Waals surface area contributed by atoms with Crippen molar-refractivity contribution in [3.8, 4) is 5.75 Å². The van der Waals surface area contributed by atoms with Crippen LogP contribution in [0.15, 0.2) is 35.9 Å². The number of benzene rings is 1. The Bertz CT molecular complexity index is 2260. The molecule has 352 valence electrons. The smallest absolute Gasteiger partial charge is 0.290 e. The number of ketones is 1. The van der Waals surface area contributed by atoms with Crippen LogP contribution in [0.1, 0.15) is 108 Å². The molecule has 3 aromatic rings. The first-order chi connectivity index (χ1) is 31.0. The first-order valence-corrected chi connectivity index (χ1v) is 23.2. The number of aliphatic hydroxyl groups excluding tert-OH is 1. The zero-order chi connectivity index (χ0) is 47.4. The Hall–Kier alpha value is -6.15. The quantitative estimate of drug-likeness (QED) is 0.125. The second-order valence-corrected chi connectivity index (χ2v) is 17.5. The van der Waals surface area contributed by atoms with E-state index in [1.807, 2.05) is 6.92 Å². The van der Waals surface area contributed by atoms with Crippen LogP contribution in [0.3, 0.4) is 0 Å². The van der Waals surface area contributed by atoms with Gasteiger partial charge in [-0.3, -0.25) is 38.4 Å². The van der Waals surface area contributed by atoms with Gasteiger partial charge in [-0.25, -0.2) is 4.98 Å². The summed E-state index contributed by atoms with van der Waals surface area (Å²) in [5.41, 5.74) is 1.73. The fourth-order valence-electron chi connectivity index (χ4n) is 7.80. The molecule has 4 heterocycles. The minimum atomic E-state index is -1.37. The molecule has 65 heavy (non-hydrogen) atoms. The van der Waals surface area contributed by atoms with Crippen molar-refractivity contribution in [1.82, 2.24) is 46.8 Å². The molecule has 20 heteroatoms. The van der Waals surface area contributed by atoms with Crippen LogP contribution in [-0.2, 0) is 44.8 Å². The van der Waals surface area contributed by atoms with Crippen LogP contribution in [0.25, 0.3) is 17.0 Å². The van der Waals surface area contributed by atoms with Gasteiger partial charge in [-0.2, -0.15) is 0 Å². The molecule has 1 saturated heterocycles. The summed E-state index contributed by atoms with van der Waals surface area (Å²) in [4.78, 5) is 118. The lowest BCUT2D eigenvalue weighted by atomic mass is 10.0. The van der Waals surface area contributed by atoms with E-state index in [-0.39, 0.29) is 63.3 Å². The van der Waals surface area contributed by atoms with Gasteiger partial charge in [-0.05, 0) is 81.2 Å². The van der Waals surface area contributed by atoms with E-state index in [1.54, 1.807) is 51.4 Å². The summed E-state index contributed by atoms with van der Waals surface area (Å²) in [7, 11) is 0. The number of hydrogen-bond donors (Lipinski definition) is 9. The van der Waals surface area contributed by atoms with Crippen molar-refractivity contribution in [2.75, 3.05) is 13.1 Å². The number of aromatic hydroxyl groups is 1. The van der Waals surface area contributed by atoms with E-state index in [0.29, 0.717) is 46.4 Å². The molecule has 2 bridgehead atoms. The van der Waals surface area contributed by atoms with E-state index in [2.05, 4.69) is 41.9 Å². The van der Waals surface area contributed by atoms with E-state index in [9.17, 15) is 48.6 Å². The number of rotatable bonds is 11. The van der Waals surface area contributed by atoms with Crippen LogP contribution in [0.5, 0.6) is 5.75 Å².